The van der Waals surface area contributed by atoms with Crippen LogP contribution in [0.5, 0.6) is 0 Å². The molecule has 136 valence electrons. The number of nitrogens with two attached hydrogens (primary N) is 1. The number of Topliss-reactive ketones (excluding diaryl/α,β-unsaturated/α-hetero) is 1. The van der Waals surface area contributed by atoms with Crippen LogP contribution < -0.4 is 5.73 Å². The number of ketones is 1. The van der Waals surface area contributed by atoms with Crippen molar-refractivity contribution in [3.8, 4) is 5.69 Å². The Hall–Kier alpha value is -3.48. The van der Waals surface area contributed by atoms with E-state index in [0.717, 1.165) is 12.1 Å². The third-order valence-electron chi connectivity index (χ3n) is 4.77. The lowest BCUT2D eigenvalue weighted by Gasteiger charge is -2.23. The van der Waals surface area contributed by atoms with Crippen LogP contribution in [0.2, 0.25) is 0 Å². The van der Waals surface area contributed by atoms with Crippen LogP contribution in [0.1, 0.15) is 33.7 Å². The number of pyridine rings is 1. The zero-order valence-electron chi connectivity index (χ0n) is 14.7. The van der Waals surface area contributed by atoms with Gasteiger partial charge in [0.1, 0.15) is 11.5 Å². The first-order valence-electron chi connectivity index (χ1n) is 8.82. The van der Waals surface area contributed by atoms with Gasteiger partial charge in [-0.3, -0.25) is 14.6 Å². The van der Waals surface area contributed by atoms with E-state index in [-0.39, 0.29) is 17.5 Å². The summed E-state index contributed by atoms with van der Waals surface area (Å²) in [6, 6.07) is 14.0. The number of nitrogen functional groups attached to an aromatic ring is 1. The molecule has 0 spiro atoms. The van der Waals surface area contributed by atoms with Gasteiger partial charge in [0.15, 0.2) is 5.78 Å². The van der Waals surface area contributed by atoms with Crippen LogP contribution in [0.4, 0.5) is 5.82 Å². The van der Waals surface area contributed by atoms with E-state index in [1.54, 1.807) is 29.3 Å². The Kier molecular flexibility index (Phi) is 4.42. The van der Waals surface area contributed by atoms with Crippen molar-refractivity contribution in [1.82, 2.24) is 19.7 Å². The molecular weight excluding hydrogens is 342 g/mol. The molecule has 1 atom stereocenters. The van der Waals surface area contributed by atoms with Crippen molar-refractivity contribution in [3.05, 3.63) is 72.2 Å². The van der Waals surface area contributed by atoms with Crippen LogP contribution >= 0.6 is 0 Å². The highest BCUT2D eigenvalue weighted by molar-refractivity contribution is 6.06. The SMILES string of the molecule is Nc1c(C(=O)[C@@H]2CCCN2C(=O)c2ccccn2)cnn1-c1ccccc1. The van der Waals surface area contributed by atoms with Crippen LogP contribution in [0.15, 0.2) is 60.9 Å². The van der Waals surface area contributed by atoms with Crippen molar-refractivity contribution in [2.45, 2.75) is 18.9 Å². The summed E-state index contributed by atoms with van der Waals surface area (Å²) in [6.45, 7) is 0.526. The van der Waals surface area contributed by atoms with Gasteiger partial charge in [-0.2, -0.15) is 5.10 Å². The third kappa shape index (κ3) is 3.08. The third-order valence-corrected chi connectivity index (χ3v) is 4.77. The van der Waals surface area contributed by atoms with Gasteiger partial charge in [0.2, 0.25) is 0 Å². The molecule has 1 saturated heterocycles. The Balaban J connectivity index is 1.61. The number of hydrogen-bond acceptors (Lipinski definition) is 5. The summed E-state index contributed by atoms with van der Waals surface area (Å²) >= 11 is 0. The molecular formula is C20H19N5O2. The molecule has 7 heteroatoms. The van der Waals surface area contributed by atoms with E-state index in [0.29, 0.717) is 24.2 Å². The molecule has 0 saturated carbocycles. The van der Waals surface area contributed by atoms with Crippen molar-refractivity contribution in [1.29, 1.82) is 0 Å². The van der Waals surface area contributed by atoms with E-state index in [1.807, 2.05) is 30.3 Å². The Bertz CT molecular complexity index is 969. The van der Waals surface area contributed by atoms with Gasteiger partial charge in [0.05, 0.1) is 23.5 Å². The number of para-hydroxylation sites is 1. The number of amides is 1. The Labute approximate surface area is 156 Å². The maximum atomic E-state index is 13.1. The van der Waals surface area contributed by atoms with Crippen LogP contribution in [0.25, 0.3) is 5.69 Å². The van der Waals surface area contributed by atoms with Gasteiger partial charge in [0, 0.05) is 12.7 Å². The zero-order chi connectivity index (χ0) is 18.8. The normalized spacial score (nSPS) is 16.4. The molecule has 0 aliphatic carbocycles. The summed E-state index contributed by atoms with van der Waals surface area (Å²) in [5.74, 6) is -0.139. The number of anilines is 1. The molecule has 1 amide bonds. The van der Waals surface area contributed by atoms with Crippen LogP contribution in [0, 0.1) is 0 Å². The van der Waals surface area contributed by atoms with Gasteiger partial charge in [0.25, 0.3) is 5.91 Å². The number of likely N-dealkylation sites (tertiary alicyclic amines) is 1. The number of hydrogen-bond donors (Lipinski definition) is 1. The van der Waals surface area contributed by atoms with Crippen LogP contribution in [-0.2, 0) is 0 Å². The minimum atomic E-state index is -0.546. The molecule has 0 bridgehead atoms. The molecule has 0 radical (unpaired) electrons. The molecule has 7 nitrogen and oxygen atoms in total. The molecule has 1 fully saturated rings. The monoisotopic (exact) mass is 361 g/mol. The molecule has 2 aromatic heterocycles. The second-order valence-electron chi connectivity index (χ2n) is 6.43. The predicted molar refractivity (Wildman–Crippen MR) is 101 cm³/mol. The zero-order valence-corrected chi connectivity index (χ0v) is 14.7. The maximum absolute atomic E-state index is 13.1. The predicted octanol–water partition coefficient (Wildman–Crippen LogP) is 2.34. The maximum Gasteiger partial charge on any atom is 0.273 e. The molecule has 3 heterocycles. The summed E-state index contributed by atoms with van der Waals surface area (Å²) < 4.78 is 1.53. The fraction of sp³-hybridized carbons (Fsp3) is 0.200. The van der Waals surface area contributed by atoms with Crippen molar-refractivity contribution in [2.75, 3.05) is 12.3 Å². The second-order valence-corrected chi connectivity index (χ2v) is 6.43. The second kappa shape index (κ2) is 7.03. The van der Waals surface area contributed by atoms with Gasteiger partial charge in [-0.25, -0.2) is 4.68 Å². The van der Waals surface area contributed by atoms with Crippen LogP contribution in [0.3, 0.4) is 0 Å². The lowest BCUT2D eigenvalue weighted by atomic mass is 10.0. The molecule has 2 N–H and O–H groups in total. The van der Waals surface area contributed by atoms with Crippen LogP contribution in [-0.4, -0.2) is 43.9 Å². The average molecular weight is 361 g/mol. The molecule has 1 aromatic carbocycles. The number of rotatable bonds is 4. The molecule has 27 heavy (non-hydrogen) atoms. The summed E-state index contributed by atoms with van der Waals surface area (Å²) in [5, 5.41) is 4.26. The van der Waals surface area contributed by atoms with Gasteiger partial charge in [-0.1, -0.05) is 24.3 Å². The minimum Gasteiger partial charge on any atom is -0.383 e. The number of carbonyl (C=O) groups is 2. The highest BCUT2D eigenvalue weighted by Gasteiger charge is 2.36. The number of carbonyl (C=O) groups excluding carboxylic acids is 2. The first-order chi connectivity index (χ1) is 13.2. The van der Waals surface area contributed by atoms with E-state index < -0.39 is 6.04 Å². The molecule has 0 unspecified atom stereocenters. The highest BCUT2D eigenvalue weighted by atomic mass is 16.2. The van der Waals surface area contributed by atoms with E-state index in [4.69, 9.17) is 5.73 Å². The summed E-state index contributed by atoms with van der Waals surface area (Å²) in [4.78, 5) is 31.6. The fourth-order valence-corrected chi connectivity index (χ4v) is 3.42. The van der Waals surface area contributed by atoms with Gasteiger partial charge >= 0.3 is 0 Å². The summed E-state index contributed by atoms with van der Waals surface area (Å²) in [7, 11) is 0. The lowest BCUT2D eigenvalue weighted by molar-refractivity contribution is 0.0667. The summed E-state index contributed by atoms with van der Waals surface area (Å²) in [6.07, 6.45) is 4.42. The molecule has 3 aromatic rings. The van der Waals surface area contributed by atoms with Crippen molar-refractivity contribution >= 4 is 17.5 Å². The number of benzene rings is 1. The number of aromatic nitrogens is 3. The van der Waals surface area contributed by atoms with E-state index in [2.05, 4.69) is 10.1 Å². The molecule has 1 aliphatic rings. The largest absolute Gasteiger partial charge is 0.383 e. The van der Waals surface area contributed by atoms with Crippen molar-refractivity contribution < 1.29 is 9.59 Å². The molecule has 4 rings (SSSR count). The van der Waals surface area contributed by atoms with Gasteiger partial charge in [-0.15, -0.1) is 0 Å². The van der Waals surface area contributed by atoms with Crippen molar-refractivity contribution in [2.24, 2.45) is 0 Å². The lowest BCUT2D eigenvalue weighted by Crippen LogP contribution is -2.41. The van der Waals surface area contributed by atoms with E-state index >= 15 is 0 Å². The topological polar surface area (TPSA) is 94.1 Å². The van der Waals surface area contributed by atoms with E-state index in [1.165, 1.54) is 10.9 Å². The minimum absolute atomic E-state index is 0.184. The van der Waals surface area contributed by atoms with E-state index in [9.17, 15) is 9.59 Å². The van der Waals surface area contributed by atoms with Gasteiger partial charge < -0.3 is 10.6 Å². The Morgan fingerprint density at radius 2 is 1.85 bits per heavy atom. The first-order valence-corrected chi connectivity index (χ1v) is 8.82. The van der Waals surface area contributed by atoms with Crippen molar-refractivity contribution in [3.63, 3.8) is 0 Å². The quantitative estimate of drug-likeness (QED) is 0.720. The average Bonchev–Trinajstić information content (AvgIpc) is 3.35. The molecule has 1 aliphatic heterocycles. The first kappa shape index (κ1) is 17.0. The number of nitrogens with zero attached hydrogens (tertiary/aromatic N) is 4. The highest BCUT2D eigenvalue weighted by Crippen LogP contribution is 2.26. The smallest absolute Gasteiger partial charge is 0.273 e. The fourth-order valence-electron chi connectivity index (χ4n) is 3.42. The Morgan fingerprint density at radius 3 is 2.59 bits per heavy atom. The van der Waals surface area contributed by atoms with Gasteiger partial charge in [-0.05, 0) is 37.1 Å². The summed E-state index contributed by atoms with van der Waals surface area (Å²) in [5.41, 5.74) is 7.66. The standard InChI is InChI=1S/C20H19N5O2/c21-19-15(13-23-25(19)14-7-2-1-3-8-14)18(26)17-10-6-12-24(17)20(27)16-9-4-5-11-22-16/h1-5,7-9,11,13,17H,6,10,12,21H2/t17-/m0/s1. The Morgan fingerprint density at radius 1 is 1.07 bits per heavy atom.